The standard InChI is InChI=1S/C7H7BrO2.BrH/c8-7(10)5-3-1-2-4-6(5)9;/h1-4,7,9-10H;1H. The molecule has 0 fully saturated rings. The van der Waals surface area contributed by atoms with Crippen LogP contribution < -0.4 is 0 Å². The number of hydrogen-bond acceptors (Lipinski definition) is 2. The normalized spacial score (nSPS) is 11.8. The van der Waals surface area contributed by atoms with Gasteiger partial charge < -0.3 is 10.2 Å². The molecule has 62 valence electrons. The summed E-state index contributed by atoms with van der Waals surface area (Å²) in [7, 11) is 0. The van der Waals surface area contributed by atoms with Crippen LogP contribution in [0.25, 0.3) is 0 Å². The molecule has 2 N–H and O–H groups in total. The molecule has 4 heteroatoms. The van der Waals surface area contributed by atoms with E-state index < -0.39 is 5.01 Å². The Labute approximate surface area is 83.8 Å². The topological polar surface area (TPSA) is 40.5 Å². The lowest BCUT2D eigenvalue weighted by Gasteiger charge is -2.03. The van der Waals surface area contributed by atoms with Gasteiger partial charge in [0.15, 0.2) is 0 Å². The van der Waals surface area contributed by atoms with E-state index in [2.05, 4.69) is 15.9 Å². The summed E-state index contributed by atoms with van der Waals surface area (Å²) < 4.78 is 0. The van der Waals surface area contributed by atoms with E-state index in [4.69, 9.17) is 10.2 Å². The fourth-order valence-electron chi connectivity index (χ4n) is 0.689. The summed E-state index contributed by atoms with van der Waals surface area (Å²) in [5.41, 5.74) is 0.488. The molecule has 11 heavy (non-hydrogen) atoms. The first-order valence-corrected chi connectivity index (χ1v) is 3.73. The monoisotopic (exact) mass is 282 g/mol. The second kappa shape index (κ2) is 4.74. The zero-order valence-corrected chi connectivity index (χ0v) is 8.87. The summed E-state index contributed by atoms with van der Waals surface area (Å²) in [6.45, 7) is 0. The SMILES string of the molecule is Br.Oc1ccccc1C(O)Br. The molecule has 0 heterocycles. The largest absolute Gasteiger partial charge is 0.508 e. The van der Waals surface area contributed by atoms with Crippen molar-refractivity contribution in [2.24, 2.45) is 0 Å². The Hall–Kier alpha value is -0.0600. The zero-order chi connectivity index (χ0) is 7.56. The van der Waals surface area contributed by atoms with Crippen LogP contribution in [0.3, 0.4) is 0 Å². The van der Waals surface area contributed by atoms with Gasteiger partial charge in [-0.1, -0.05) is 34.1 Å². The van der Waals surface area contributed by atoms with E-state index in [1.54, 1.807) is 18.2 Å². The minimum absolute atomic E-state index is 0. The predicted octanol–water partition coefficient (Wildman–Crippen LogP) is 2.36. The van der Waals surface area contributed by atoms with Gasteiger partial charge in [0.2, 0.25) is 0 Å². The summed E-state index contributed by atoms with van der Waals surface area (Å²) in [6.07, 6.45) is 0. The molecular formula is C7H8Br2O2. The smallest absolute Gasteiger partial charge is 0.137 e. The highest BCUT2D eigenvalue weighted by Crippen LogP contribution is 2.26. The third-order valence-electron chi connectivity index (χ3n) is 1.19. The van der Waals surface area contributed by atoms with Gasteiger partial charge in [-0.05, 0) is 6.07 Å². The van der Waals surface area contributed by atoms with E-state index in [1.165, 1.54) is 6.07 Å². The Morgan fingerprint density at radius 1 is 1.27 bits per heavy atom. The van der Waals surface area contributed by atoms with Crippen LogP contribution in [0.1, 0.15) is 10.6 Å². The van der Waals surface area contributed by atoms with Crippen LogP contribution in [-0.4, -0.2) is 10.2 Å². The molecule has 0 aromatic heterocycles. The minimum Gasteiger partial charge on any atom is -0.508 e. The van der Waals surface area contributed by atoms with Gasteiger partial charge in [0.25, 0.3) is 0 Å². The number of alkyl halides is 1. The van der Waals surface area contributed by atoms with Crippen LogP contribution in [0.2, 0.25) is 0 Å². The van der Waals surface area contributed by atoms with Crippen LogP contribution in [-0.2, 0) is 0 Å². The lowest BCUT2D eigenvalue weighted by atomic mass is 10.2. The predicted molar refractivity (Wildman–Crippen MR) is 52.3 cm³/mol. The number of halogens is 2. The molecular weight excluding hydrogens is 276 g/mol. The van der Waals surface area contributed by atoms with Gasteiger partial charge in [-0.25, -0.2) is 0 Å². The quantitative estimate of drug-likeness (QED) is 0.777. The molecule has 0 aliphatic carbocycles. The van der Waals surface area contributed by atoms with Crippen LogP contribution in [0.4, 0.5) is 0 Å². The van der Waals surface area contributed by atoms with Gasteiger partial charge >= 0.3 is 0 Å². The van der Waals surface area contributed by atoms with Crippen molar-refractivity contribution in [1.29, 1.82) is 0 Å². The van der Waals surface area contributed by atoms with Crippen molar-refractivity contribution in [2.45, 2.75) is 5.01 Å². The van der Waals surface area contributed by atoms with Crippen LogP contribution in [0, 0.1) is 0 Å². The second-order valence-electron chi connectivity index (χ2n) is 1.89. The van der Waals surface area contributed by atoms with Crippen molar-refractivity contribution in [3.8, 4) is 5.75 Å². The Morgan fingerprint density at radius 3 is 2.18 bits per heavy atom. The van der Waals surface area contributed by atoms with Crippen molar-refractivity contribution in [1.82, 2.24) is 0 Å². The molecule has 0 bridgehead atoms. The number of aliphatic hydroxyl groups is 1. The third kappa shape index (κ3) is 2.81. The van der Waals surface area contributed by atoms with Gasteiger partial charge in [-0.3, -0.25) is 0 Å². The molecule has 0 aliphatic heterocycles. The average molecular weight is 284 g/mol. The Kier molecular flexibility index (Phi) is 4.72. The van der Waals surface area contributed by atoms with Crippen molar-refractivity contribution >= 4 is 32.9 Å². The van der Waals surface area contributed by atoms with Crippen molar-refractivity contribution in [2.75, 3.05) is 0 Å². The summed E-state index contributed by atoms with van der Waals surface area (Å²) >= 11 is 2.93. The number of hydrogen-bond donors (Lipinski definition) is 2. The van der Waals surface area contributed by atoms with Crippen LogP contribution in [0.15, 0.2) is 24.3 Å². The first-order valence-electron chi connectivity index (χ1n) is 2.82. The van der Waals surface area contributed by atoms with Crippen molar-refractivity contribution in [3.63, 3.8) is 0 Å². The highest BCUT2D eigenvalue weighted by atomic mass is 79.9. The molecule has 1 unspecified atom stereocenters. The number of phenols is 1. The van der Waals surface area contributed by atoms with E-state index in [1.807, 2.05) is 0 Å². The molecule has 0 spiro atoms. The number of aromatic hydroxyl groups is 1. The maximum Gasteiger partial charge on any atom is 0.137 e. The van der Waals surface area contributed by atoms with E-state index in [-0.39, 0.29) is 22.7 Å². The third-order valence-corrected chi connectivity index (χ3v) is 1.69. The fraction of sp³-hybridized carbons (Fsp3) is 0.143. The number of phenolic OH excluding ortho intramolecular Hbond substituents is 1. The molecule has 1 atom stereocenters. The highest BCUT2D eigenvalue weighted by Gasteiger charge is 2.05. The van der Waals surface area contributed by atoms with Gasteiger partial charge in [-0.15, -0.1) is 17.0 Å². The number of para-hydroxylation sites is 1. The Morgan fingerprint density at radius 2 is 1.82 bits per heavy atom. The van der Waals surface area contributed by atoms with E-state index >= 15 is 0 Å². The maximum atomic E-state index is 9.09. The van der Waals surface area contributed by atoms with Gasteiger partial charge in [0.1, 0.15) is 10.8 Å². The number of rotatable bonds is 1. The first kappa shape index (κ1) is 10.9. The molecule has 0 amide bonds. The first-order chi connectivity index (χ1) is 4.72. The molecule has 0 aliphatic rings. The molecule has 2 nitrogen and oxygen atoms in total. The summed E-state index contributed by atoms with van der Waals surface area (Å²) in [4.78, 5) is 0. The van der Waals surface area contributed by atoms with Crippen molar-refractivity contribution < 1.29 is 10.2 Å². The lowest BCUT2D eigenvalue weighted by Crippen LogP contribution is -1.86. The summed E-state index contributed by atoms with van der Waals surface area (Å²) in [5, 5.41) is 17.3. The Balaban J connectivity index is 0.000001000. The second-order valence-corrected chi connectivity index (χ2v) is 2.76. The molecule has 0 radical (unpaired) electrons. The van der Waals surface area contributed by atoms with Crippen molar-refractivity contribution in [3.05, 3.63) is 29.8 Å². The highest BCUT2D eigenvalue weighted by molar-refractivity contribution is 9.09. The number of benzene rings is 1. The minimum atomic E-state index is -0.784. The van der Waals surface area contributed by atoms with E-state index in [0.29, 0.717) is 5.56 Å². The fourth-order valence-corrected chi connectivity index (χ4v) is 1.08. The van der Waals surface area contributed by atoms with Crippen LogP contribution in [0.5, 0.6) is 5.75 Å². The Bertz CT molecular complexity index is 225. The summed E-state index contributed by atoms with van der Waals surface area (Å²) in [5.74, 6) is 0.104. The molecule has 0 saturated carbocycles. The van der Waals surface area contributed by atoms with Crippen LogP contribution >= 0.6 is 32.9 Å². The van der Waals surface area contributed by atoms with E-state index in [9.17, 15) is 0 Å². The molecule has 0 saturated heterocycles. The average Bonchev–Trinajstić information content (AvgIpc) is 1.88. The molecule has 1 aromatic carbocycles. The van der Waals surface area contributed by atoms with E-state index in [0.717, 1.165) is 0 Å². The van der Waals surface area contributed by atoms with Gasteiger partial charge in [-0.2, -0.15) is 0 Å². The van der Waals surface area contributed by atoms with Gasteiger partial charge in [0, 0.05) is 5.56 Å². The maximum absolute atomic E-state index is 9.09. The lowest BCUT2D eigenvalue weighted by molar-refractivity contribution is 0.271. The number of aliphatic hydroxyl groups excluding tert-OH is 1. The van der Waals surface area contributed by atoms with Gasteiger partial charge in [0.05, 0.1) is 0 Å². The molecule has 1 rings (SSSR count). The molecule has 1 aromatic rings. The zero-order valence-electron chi connectivity index (χ0n) is 5.57. The summed E-state index contributed by atoms with van der Waals surface area (Å²) in [6, 6.07) is 6.63.